The Bertz CT molecular complexity index is 400. The number of pyridine rings is 1. The molecule has 1 unspecified atom stereocenters. The summed E-state index contributed by atoms with van der Waals surface area (Å²) in [6.07, 6.45) is 5.30. The third-order valence-electron chi connectivity index (χ3n) is 3.49. The third-order valence-corrected chi connectivity index (χ3v) is 3.49. The predicted molar refractivity (Wildman–Crippen MR) is 79.2 cm³/mol. The van der Waals surface area contributed by atoms with E-state index in [1.54, 1.807) is 13.3 Å². The average molecular weight is 264 g/mol. The average Bonchev–Trinajstić information content (AvgIpc) is 2.67. The van der Waals surface area contributed by atoms with Gasteiger partial charge in [-0.05, 0) is 38.4 Å². The van der Waals surface area contributed by atoms with E-state index < -0.39 is 0 Å². The maximum Gasteiger partial charge on any atom is 0.239 e. The molecule has 1 atom stereocenters. The molecule has 2 N–H and O–H groups in total. The van der Waals surface area contributed by atoms with Gasteiger partial charge in [-0.15, -0.1) is 0 Å². The van der Waals surface area contributed by atoms with Gasteiger partial charge in [0.1, 0.15) is 5.69 Å². The Morgan fingerprint density at radius 1 is 1.37 bits per heavy atom. The molecule has 0 saturated carbocycles. The first-order chi connectivity index (χ1) is 9.22. The topological polar surface area (TPSA) is 49.4 Å². The van der Waals surface area contributed by atoms with Crippen LogP contribution in [-0.2, 0) is 0 Å². The maximum atomic E-state index is 5.39. The summed E-state index contributed by atoms with van der Waals surface area (Å²) < 4.78 is 5.39. The number of nitrogens with one attached hydrogen (secondary N) is 2. The van der Waals surface area contributed by atoms with Gasteiger partial charge in [0.05, 0.1) is 12.8 Å². The molecule has 1 aromatic heterocycles. The highest BCUT2D eigenvalue weighted by Crippen LogP contribution is 2.33. The van der Waals surface area contributed by atoms with Crippen LogP contribution in [0.25, 0.3) is 0 Å². The van der Waals surface area contributed by atoms with Crippen LogP contribution in [0.1, 0.15) is 19.3 Å². The first-order valence-corrected chi connectivity index (χ1v) is 6.90. The fourth-order valence-electron chi connectivity index (χ4n) is 2.46. The molecule has 0 bridgehead atoms. The number of hydrogen-bond acceptors (Lipinski definition) is 5. The molecule has 0 spiro atoms. The maximum absolute atomic E-state index is 5.39. The molecule has 5 nitrogen and oxygen atoms in total. The summed E-state index contributed by atoms with van der Waals surface area (Å²) in [7, 11) is 5.74. The smallest absolute Gasteiger partial charge is 0.239 e. The van der Waals surface area contributed by atoms with E-state index in [9.17, 15) is 0 Å². The fourth-order valence-corrected chi connectivity index (χ4v) is 2.46. The van der Waals surface area contributed by atoms with Crippen molar-refractivity contribution in [2.24, 2.45) is 0 Å². The molecule has 5 heteroatoms. The molecule has 2 rings (SSSR count). The van der Waals surface area contributed by atoms with Gasteiger partial charge in [-0.2, -0.15) is 0 Å². The van der Waals surface area contributed by atoms with Crippen molar-refractivity contribution in [2.45, 2.75) is 25.3 Å². The molecule has 1 aromatic rings. The molecule has 106 valence electrons. The van der Waals surface area contributed by atoms with Crippen molar-refractivity contribution in [2.75, 3.05) is 44.5 Å². The minimum Gasteiger partial charge on any atom is -0.479 e. The van der Waals surface area contributed by atoms with Gasteiger partial charge in [0, 0.05) is 26.3 Å². The Morgan fingerprint density at radius 3 is 2.95 bits per heavy atom. The zero-order chi connectivity index (χ0) is 13.7. The van der Waals surface area contributed by atoms with E-state index in [0.29, 0.717) is 11.9 Å². The number of aromatic nitrogens is 1. The van der Waals surface area contributed by atoms with E-state index in [4.69, 9.17) is 4.74 Å². The minimum absolute atomic E-state index is 0.479. The van der Waals surface area contributed by atoms with Crippen molar-refractivity contribution >= 4 is 11.4 Å². The number of ether oxygens (including phenoxy) is 1. The van der Waals surface area contributed by atoms with Gasteiger partial charge in [0.15, 0.2) is 0 Å². The van der Waals surface area contributed by atoms with Crippen LogP contribution in [0, 0.1) is 0 Å². The van der Waals surface area contributed by atoms with Crippen LogP contribution in [0.5, 0.6) is 5.88 Å². The highest BCUT2D eigenvalue weighted by atomic mass is 16.5. The van der Waals surface area contributed by atoms with E-state index in [-0.39, 0.29) is 0 Å². The SMILES string of the molecule is COc1nccc(N(C)C)c1NC1CCCNCC1. The van der Waals surface area contributed by atoms with E-state index in [1.165, 1.54) is 12.8 Å². The number of nitrogens with zero attached hydrogens (tertiary/aromatic N) is 2. The second kappa shape index (κ2) is 6.61. The van der Waals surface area contributed by atoms with E-state index in [0.717, 1.165) is 30.9 Å². The molecule has 0 radical (unpaired) electrons. The molecule has 0 aromatic carbocycles. The molecule has 19 heavy (non-hydrogen) atoms. The quantitative estimate of drug-likeness (QED) is 0.867. The van der Waals surface area contributed by atoms with Gasteiger partial charge in [0.2, 0.25) is 5.88 Å². The Hall–Kier alpha value is -1.49. The van der Waals surface area contributed by atoms with Crippen molar-refractivity contribution in [3.8, 4) is 5.88 Å². The van der Waals surface area contributed by atoms with Crippen molar-refractivity contribution in [1.29, 1.82) is 0 Å². The zero-order valence-electron chi connectivity index (χ0n) is 12.1. The van der Waals surface area contributed by atoms with Crippen LogP contribution < -0.4 is 20.3 Å². The molecule has 0 amide bonds. The van der Waals surface area contributed by atoms with E-state index in [2.05, 4.69) is 20.5 Å². The predicted octanol–water partition coefficient (Wildman–Crippen LogP) is 1.71. The summed E-state index contributed by atoms with van der Waals surface area (Å²) in [4.78, 5) is 6.39. The normalized spacial score (nSPS) is 19.6. The minimum atomic E-state index is 0.479. The lowest BCUT2D eigenvalue weighted by atomic mass is 10.1. The summed E-state index contributed by atoms with van der Waals surface area (Å²) >= 11 is 0. The molecule has 2 heterocycles. The lowest BCUT2D eigenvalue weighted by Gasteiger charge is -2.24. The van der Waals surface area contributed by atoms with Gasteiger partial charge in [-0.25, -0.2) is 4.98 Å². The molecule has 1 fully saturated rings. The Morgan fingerprint density at radius 2 is 2.21 bits per heavy atom. The largest absolute Gasteiger partial charge is 0.479 e. The van der Waals surface area contributed by atoms with E-state index in [1.807, 2.05) is 20.2 Å². The van der Waals surface area contributed by atoms with Gasteiger partial charge >= 0.3 is 0 Å². The van der Waals surface area contributed by atoms with Crippen LogP contribution in [0.2, 0.25) is 0 Å². The molecule has 1 aliphatic heterocycles. The first-order valence-electron chi connectivity index (χ1n) is 6.90. The highest BCUT2D eigenvalue weighted by molar-refractivity contribution is 5.74. The third kappa shape index (κ3) is 3.50. The van der Waals surface area contributed by atoms with Crippen LogP contribution >= 0.6 is 0 Å². The van der Waals surface area contributed by atoms with Crippen LogP contribution in [0.3, 0.4) is 0 Å². The van der Waals surface area contributed by atoms with Crippen molar-refractivity contribution in [3.63, 3.8) is 0 Å². The second-order valence-corrected chi connectivity index (χ2v) is 5.13. The molecule has 0 aliphatic carbocycles. The Kier molecular flexibility index (Phi) is 4.85. The first kappa shape index (κ1) is 13.9. The van der Waals surface area contributed by atoms with Crippen molar-refractivity contribution < 1.29 is 4.74 Å². The summed E-state index contributed by atoms with van der Waals surface area (Å²) in [6.45, 7) is 2.18. The molecule has 1 saturated heterocycles. The van der Waals surface area contributed by atoms with Crippen molar-refractivity contribution in [3.05, 3.63) is 12.3 Å². The van der Waals surface area contributed by atoms with Crippen molar-refractivity contribution in [1.82, 2.24) is 10.3 Å². The molecular weight excluding hydrogens is 240 g/mol. The zero-order valence-corrected chi connectivity index (χ0v) is 12.1. The van der Waals surface area contributed by atoms with Gasteiger partial charge in [0.25, 0.3) is 0 Å². The summed E-state index contributed by atoms with van der Waals surface area (Å²) in [5.41, 5.74) is 2.12. The Balaban J connectivity index is 2.21. The summed E-state index contributed by atoms with van der Waals surface area (Å²) in [6, 6.07) is 2.49. The Labute approximate surface area is 115 Å². The number of methoxy groups -OCH3 is 1. The number of hydrogen-bond donors (Lipinski definition) is 2. The molecule has 1 aliphatic rings. The fraction of sp³-hybridized carbons (Fsp3) is 0.643. The highest BCUT2D eigenvalue weighted by Gasteiger charge is 2.17. The summed E-state index contributed by atoms with van der Waals surface area (Å²) in [5.74, 6) is 0.670. The number of rotatable bonds is 4. The van der Waals surface area contributed by atoms with E-state index >= 15 is 0 Å². The second-order valence-electron chi connectivity index (χ2n) is 5.13. The summed E-state index contributed by atoms with van der Waals surface area (Å²) in [5, 5.41) is 7.05. The van der Waals surface area contributed by atoms with Gasteiger partial charge in [-0.3, -0.25) is 0 Å². The monoisotopic (exact) mass is 264 g/mol. The van der Waals surface area contributed by atoms with Gasteiger partial charge < -0.3 is 20.3 Å². The lowest BCUT2D eigenvalue weighted by molar-refractivity contribution is 0.399. The lowest BCUT2D eigenvalue weighted by Crippen LogP contribution is -2.23. The van der Waals surface area contributed by atoms with Gasteiger partial charge in [-0.1, -0.05) is 0 Å². The van der Waals surface area contributed by atoms with Crippen LogP contribution in [0.4, 0.5) is 11.4 Å². The van der Waals surface area contributed by atoms with Crippen LogP contribution in [0.15, 0.2) is 12.3 Å². The van der Waals surface area contributed by atoms with Crippen LogP contribution in [-0.4, -0.2) is 45.3 Å². The standard InChI is InChI=1S/C14H24N4O/c1-18(2)12-7-10-16-14(19-3)13(12)17-11-5-4-8-15-9-6-11/h7,10-11,15,17H,4-6,8-9H2,1-3H3. The molecular formula is C14H24N4O. The number of anilines is 2.